The van der Waals surface area contributed by atoms with Crippen LogP contribution in [0.2, 0.25) is 0 Å². The van der Waals surface area contributed by atoms with Gasteiger partial charge in [0, 0.05) is 29.8 Å². The van der Waals surface area contributed by atoms with Crippen LogP contribution in [0.1, 0.15) is 5.56 Å². The molecular weight excluding hydrogens is 351 g/mol. The first kappa shape index (κ1) is 17.9. The van der Waals surface area contributed by atoms with Crippen molar-refractivity contribution in [3.8, 4) is 11.6 Å². The number of hydrogen-bond donors (Lipinski definition) is 1. The molecule has 0 radical (unpaired) electrons. The van der Waals surface area contributed by atoms with E-state index in [0.717, 1.165) is 10.5 Å². The van der Waals surface area contributed by atoms with Crippen molar-refractivity contribution >= 4 is 17.7 Å². The van der Waals surface area contributed by atoms with Crippen molar-refractivity contribution in [2.24, 2.45) is 0 Å². The number of carbonyl (C=O) groups is 1. The van der Waals surface area contributed by atoms with Crippen molar-refractivity contribution in [1.29, 1.82) is 0 Å². The summed E-state index contributed by atoms with van der Waals surface area (Å²) in [7, 11) is 0. The highest BCUT2D eigenvalue weighted by Gasteiger charge is 2.04. The van der Waals surface area contributed by atoms with Gasteiger partial charge in [0.05, 0.1) is 5.75 Å². The molecule has 0 aliphatic carbocycles. The molecule has 0 bridgehead atoms. The lowest BCUT2D eigenvalue weighted by molar-refractivity contribution is -0.118. The summed E-state index contributed by atoms with van der Waals surface area (Å²) in [5, 5.41) is 2.86. The molecule has 2 aromatic carbocycles. The Hall–Kier alpha value is -2.86. The molecule has 0 saturated heterocycles. The lowest BCUT2D eigenvalue weighted by atomic mass is 10.3. The third kappa shape index (κ3) is 5.60. The van der Waals surface area contributed by atoms with Crippen LogP contribution < -0.4 is 10.1 Å². The standard InChI is InChI=1S/C20H17FN2O2S/c21-16-5-4-6-17(11-16)25-20-10-9-15(13-23-20)12-22-19(24)14-26-18-7-2-1-3-8-18/h1-11,13H,12,14H2,(H,22,24). The largest absolute Gasteiger partial charge is 0.439 e. The first-order valence-corrected chi connectivity index (χ1v) is 9.00. The van der Waals surface area contributed by atoms with Gasteiger partial charge in [0.1, 0.15) is 11.6 Å². The van der Waals surface area contributed by atoms with E-state index >= 15 is 0 Å². The number of aromatic nitrogens is 1. The molecule has 0 unspecified atom stereocenters. The number of benzene rings is 2. The first-order valence-electron chi connectivity index (χ1n) is 8.02. The molecule has 4 nitrogen and oxygen atoms in total. The van der Waals surface area contributed by atoms with E-state index in [4.69, 9.17) is 4.74 Å². The van der Waals surface area contributed by atoms with Gasteiger partial charge >= 0.3 is 0 Å². The minimum atomic E-state index is -0.366. The van der Waals surface area contributed by atoms with Crippen molar-refractivity contribution in [3.63, 3.8) is 0 Å². The number of carbonyl (C=O) groups excluding carboxylic acids is 1. The summed E-state index contributed by atoms with van der Waals surface area (Å²) >= 11 is 1.49. The molecular formula is C20H17FN2O2S. The van der Waals surface area contributed by atoms with Crippen LogP contribution in [-0.4, -0.2) is 16.6 Å². The molecule has 0 aliphatic heterocycles. The molecule has 0 atom stereocenters. The maximum atomic E-state index is 13.1. The number of amides is 1. The van der Waals surface area contributed by atoms with E-state index in [1.807, 2.05) is 36.4 Å². The van der Waals surface area contributed by atoms with Gasteiger partial charge < -0.3 is 10.1 Å². The highest BCUT2D eigenvalue weighted by atomic mass is 32.2. The molecule has 6 heteroatoms. The maximum Gasteiger partial charge on any atom is 0.230 e. The van der Waals surface area contributed by atoms with Crippen molar-refractivity contribution < 1.29 is 13.9 Å². The fraction of sp³-hybridized carbons (Fsp3) is 0.100. The lowest BCUT2D eigenvalue weighted by Crippen LogP contribution is -2.24. The van der Waals surface area contributed by atoms with Crippen LogP contribution in [0.4, 0.5) is 4.39 Å². The summed E-state index contributed by atoms with van der Waals surface area (Å²) in [4.78, 5) is 17.1. The third-order valence-corrected chi connectivity index (χ3v) is 4.43. The quantitative estimate of drug-likeness (QED) is 0.627. The van der Waals surface area contributed by atoms with Crippen LogP contribution in [0.3, 0.4) is 0 Å². The minimum Gasteiger partial charge on any atom is -0.439 e. The lowest BCUT2D eigenvalue weighted by Gasteiger charge is -2.07. The molecule has 0 aliphatic rings. The predicted octanol–water partition coefficient (Wildman–Crippen LogP) is 4.42. The van der Waals surface area contributed by atoms with Gasteiger partial charge in [0.25, 0.3) is 0 Å². The van der Waals surface area contributed by atoms with Gasteiger partial charge in [-0.05, 0) is 29.8 Å². The van der Waals surface area contributed by atoms with E-state index < -0.39 is 0 Å². The Labute approximate surface area is 155 Å². The van der Waals surface area contributed by atoms with Crippen LogP contribution in [0.5, 0.6) is 11.6 Å². The second-order valence-corrected chi connectivity index (χ2v) is 6.49. The summed E-state index contributed by atoms with van der Waals surface area (Å²) in [5.74, 6) is 0.703. The Morgan fingerprint density at radius 2 is 1.92 bits per heavy atom. The molecule has 0 saturated carbocycles. The number of thioether (sulfide) groups is 1. The van der Waals surface area contributed by atoms with E-state index in [2.05, 4.69) is 10.3 Å². The fourth-order valence-electron chi connectivity index (χ4n) is 2.14. The Morgan fingerprint density at radius 3 is 2.65 bits per heavy atom. The highest BCUT2D eigenvalue weighted by molar-refractivity contribution is 8.00. The zero-order chi connectivity index (χ0) is 18.2. The number of nitrogens with one attached hydrogen (secondary N) is 1. The van der Waals surface area contributed by atoms with Gasteiger partial charge in [-0.25, -0.2) is 9.37 Å². The highest BCUT2D eigenvalue weighted by Crippen LogP contribution is 2.20. The number of rotatable bonds is 7. The van der Waals surface area contributed by atoms with Gasteiger partial charge in [-0.3, -0.25) is 4.79 Å². The Morgan fingerprint density at radius 1 is 1.08 bits per heavy atom. The number of ether oxygens (including phenoxy) is 1. The molecule has 0 spiro atoms. The van der Waals surface area contributed by atoms with E-state index in [1.54, 1.807) is 24.4 Å². The average Bonchev–Trinajstić information content (AvgIpc) is 2.67. The molecule has 3 aromatic rings. The van der Waals surface area contributed by atoms with Crippen LogP contribution in [0.25, 0.3) is 0 Å². The van der Waals surface area contributed by atoms with Crippen LogP contribution in [-0.2, 0) is 11.3 Å². The van der Waals surface area contributed by atoms with E-state index in [-0.39, 0.29) is 11.7 Å². The Kier molecular flexibility index (Phi) is 6.22. The maximum absolute atomic E-state index is 13.1. The van der Waals surface area contributed by atoms with Crippen LogP contribution >= 0.6 is 11.8 Å². The van der Waals surface area contributed by atoms with Gasteiger partial charge in [-0.1, -0.05) is 30.3 Å². The monoisotopic (exact) mass is 368 g/mol. The second-order valence-electron chi connectivity index (χ2n) is 5.44. The Bertz CT molecular complexity index is 857. The number of pyridine rings is 1. The summed E-state index contributed by atoms with van der Waals surface area (Å²) in [6.07, 6.45) is 1.62. The van der Waals surface area contributed by atoms with Crippen LogP contribution in [0, 0.1) is 5.82 Å². The van der Waals surface area contributed by atoms with Gasteiger partial charge in [0.15, 0.2) is 0 Å². The SMILES string of the molecule is O=C(CSc1ccccc1)NCc1ccc(Oc2cccc(F)c2)nc1. The van der Waals surface area contributed by atoms with Crippen LogP contribution in [0.15, 0.2) is 77.8 Å². The third-order valence-electron chi connectivity index (χ3n) is 3.42. The molecule has 1 amide bonds. The molecule has 26 heavy (non-hydrogen) atoms. The summed E-state index contributed by atoms with van der Waals surface area (Å²) < 4.78 is 18.6. The molecule has 1 heterocycles. The minimum absolute atomic E-state index is 0.0426. The van der Waals surface area contributed by atoms with Gasteiger partial charge in [-0.2, -0.15) is 0 Å². The molecule has 1 N–H and O–H groups in total. The smallest absolute Gasteiger partial charge is 0.230 e. The molecule has 3 rings (SSSR count). The zero-order valence-electron chi connectivity index (χ0n) is 13.9. The van der Waals surface area contributed by atoms with Gasteiger partial charge in [0.2, 0.25) is 11.8 Å². The zero-order valence-corrected chi connectivity index (χ0v) is 14.7. The normalized spacial score (nSPS) is 10.3. The van der Waals surface area contributed by atoms with E-state index in [1.165, 1.54) is 23.9 Å². The van der Waals surface area contributed by atoms with Crippen molar-refractivity contribution in [2.75, 3.05) is 5.75 Å². The number of nitrogens with zero attached hydrogens (tertiary/aromatic N) is 1. The fourth-order valence-corrected chi connectivity index (χ4v) is 2.89. The second kappa shape index (κ2) is 9.01. The molecule has 1 aromatic heterocycles. The number of halogens is 1. The van der Waals surface area contributed by atoms with Crippen molar-refractivity contribution in [2.45, 2.75) is 11.4 Å². The van der Waals surface area contributed by atoms with E-state index in [0.29, 0.717) is 23.9 Å². The summed E-state index contributed by atoms with van der Waals surface area (Å²) in [6.45, 7) is 0.390. The topological polar surface area (TPSA) is 51.2 Å². The van der Waals surface area contributed by atoms with E-state index in [9.17, 15) is 9.18 Å². The average molecular weight is 368 g/mol. The van der Waals surface area contributed by atoms with Crippen molar-refractivity contribution in [1.82, 2.24) is 10.3 Å². The summed E-state index contributed by atoms with van der Waals surface area (Å²) in [6, 6.07) is 19.1. The first-order chi connectivity index (χ1) is 12.7. The number of hydrogen-bond acceptors (Lipinski definition) is 4. The van der Waals surface area contributed by atoms with Gasteiger partial charge in [-0.15, -0.1) is 11.8 Å². The molecule has 132 valence electrons. The predicted molar refractivity (Wildman–Crippen MR) is 99.7 cm³/mol. The van der Waals surface area contributed by atoms with Crippen molar-refractivity contribution in [3.05, 3.63) is 84.3 Å². The Balaban J connectivity index is 1.46. The summed E-state index contributed by atoms with van der Waals surface area (Å²) in [5.41, 5.74) is 0.856. The molecule has 0 fully saturated rings.